The monoisotopic (exact) mass is 302 g/mol. The summed E-state index contributed by atoms with van der Waals surface area (Å²) in [5, 5.41) is 3.19. The molecule has 1 saturated heterocycles. The van der Waals surface area contributed by atoms with Crippen LogP contribution in [0.4, 0.5) is 0 Å². The van der Waals surface area contributed by atoms with Gasteiger partial charge in [0.25, 0.3) is 0 Å². The second-order valence-electron chi connectivity index (χ2n) is 6.43. The van der Waals surface area contributed by atoms with E-state index in [0.717, 1.165) is 32.5 Å². The summed E-state index contributed by atoms with van der Waals surface area (Å²) < 4.78 is 0. The van der Waals surface area contributed by atoms with Gasteiger partial charge in [0.05, 0.1) is 6.04 Å². The van der Waals surface area contributed by atoms with Crippen LogP contribution < -0.4 is 5.32 Å². The van der Waals surface area contributed by atoms with Gasteiger partial charge < -0.3 is 5.32 Å². The molecule has 1 aliphatic heterocycles. The van der Waals surface area contributed by atoms with Crippen LogP contribution in [0.3, 0.4) is 0 Å². The van der Waals surface area contributed by atoms with Crippen molar-refractivity contribution in [2.24, 2.45) is 5.92 Å². The number of carbonyl (C=O) groups is 1. The maximum Gasteiger partial charge on any atom is 0.223 e. The Hall–Kier alpha value is -1.35. The van der Waals surface area contributed by atoms with Crippen molar-refractivity contribution in [2.75, 3.05) is 19.6 Å². The van der Waals surface area contributed by atoms with E-state index in [1.165, 1.54) is 24.0 Å². The minimum absolute atomic E-state index is 0.150. The zero-order chi connectivity index (χ0) is 15.9. The lowest BCUT2D eigenvalue weighted by Gasteiger charge is -2.29. The molecule has 0 aromatic heterocycles. The van der Waals surface area contributed by atoms with Gasteiger partial charge in [-0.15, -0.1) is 0 Å². The predicted molar refractivity (Wildman–Crippen MR) is 91.8 cm³/mol. The van der Waals surface area contributed by atoms with Gasteiger partial charge in [0, 0.05) is 12.5 Å². The number of rotatable bonds is 7. The molecule has 0 aliphatic carbocycles. The summed E-state index contributed by atoms with van der Waals surface area (Å²) in [6.07, 6.45) is 4.37. The molecule has 1 amide bonds. The molecule has 1 aromatic carbocycles. The van der Waals surface area contributed by atoms with Crippen LogP contribution in [0.2, 0.25) is 0 Å². The van der Waals surface area contributed by atoms with E-state index in [4.69, 9.17) is 0 Å². The molecule has 1 aliphatic rings. The number of nitrogens with one attached hydrogen (secondary N) is 1. The van der Waals surface area contributed by atoms with Crippen molar-refractivity contribution in [1.82, 2.24) is 10.2 Å². The summed E-state index contributed by atoms with van der Waals surface area (Å²) in [7, 11) is 0. The molecule has 0 spiro atoms. The van der Waals surface area contributed by atoms with Crippen molar-refractivity contribution in [3.05, 3.63) is 35.4 Å². The van der Waals surface area contributed by atoms with Crippen LogP contribution in [-0.4, -0.2) is 30.4 Å². The topological polar surface area (TPSA) is 32.3 Å². The third-order valence-corrected chi connectivity index (χ3v) is 4.87. The maximum absolute atomic E-state index is 12.3. The quantitative estimate of drug-likeness (QED) is 0.833. The minimum atomic E-state index is 0.150. The van der Waals surface area contributed by atoms with Crippen LogP contribution >= 0.6 is 0 Å². The Balaban J connectivity index is 2.05. The van der Waals surface area contributed by atoms with Gasteiger partial charge in [-0.3, -0.25) is 9.69 Å². The Kier molecular flexibility index (Phi) is 6.44. The molecule has 3 nitrogen and oxygen atoms in total. The number of benzene rings is 1. The summed E-state index contributed by atoms with van der Waals surface area (Å²) >= 11 is 0. The van der Waals surface area contributed by atoms with Gasteiger partial charge in [0.15, 0.2) is 0 Å². The Morgan fingerprint density at radius 2 is 1.73 bits per heavy atom. The third kappa shape index (κ3) is 4.33. The molecule has 1 fully saturated rings. The highest BCUT2D eigenvalue weighted by Crippen LogP contribution is 2.25. The van der Waals surface area contributed by atoms with Gasteiger partial charge in [-0.1, -0.05) is 43.7 Å². The number of hydrogen-bond donors (Lipinski definition) is 1. The van der Waals surface area contributed by atoms with Crippen LogP contribution in [-0.2, 0) is 4.79 Å². The lowest BCUT2D eigenvalue weighted by Crippen LogP contribution is -2.39. The first-order chi connectivity index (χ1) is 10.7. The molecule has 0 bridgehead atoms. The van der Waals surface area contributed by atoms with Gasteiger partial charge in [-0.2, -0.15) is 0 Å². The van der Waals surface area contributed by atoms with Gasteiger partial charge in [-0.25, -0.2) is 0 Å². The van der Waals surface area contributed by atoms with Crippen molar-refractivity contribution in [2.45, 2.75) is 52.5 Å². The van der Waals surface area contributed by atoms with E-state index < -0.39 is 0 Å². The maximum atomic E-state index is 12.3. The lowest BCUT2D eigenvalue weighted by atomic mass is 10.0. The predicted octanol–water partition coefficient (Wildman–Crippen LogP) is 3.68. The average molecular weight is 302 g/mol. The molecule has 1 N–H and O–H groups in total. The fourth-order valence-corrected chi connectivity index (χ4v) is 3.30. The SMILES string of the molecule is CCC(CC)C(=O)NCC(c1ccc(C)cc1)N1CCCC1. The first kappa shape index (κ1) is 17.0. The molecule has 22 heavy (non-hydrogen) atoms. The third-order valence-electron chi connectivity index (χ3n) is 4.87. The first-order valence-corrected chi connectivity index (χ1v) is 8.74. The normalized spacial score (nSPS) is 16.9. The molecule has 2 rings (SSSR count). The summed E-state index contributed by atoms with van der Waals surface area (Å²) in [5.74, 6) is 0.360. The molecule has 1 aromatic rings. The molecule has 1 atom stereocenters. The molecule has 0 saturated carbocycles. The minimum Gasteiger partial charge on any atom is -0.354 e. The summed E-state index contributed by atoms with van der Waals surface area (Å²) in [6, 6.07) is 9.06. The molecule has 1 unspecified atom stereocenters. The van der Waals surface area contributed by atoms with E-state index in [0.29, 0.717) is 6.04 Å². The largest absolute Gasteiger partial charge is 0.354 e. The van der Waals surface area contributed by atoms with E-state index in [9.17, 15) is 4.79 Å². The van der Waals surface area contributed by atoms with Gasteiger partial charge >= 0.3 is 0 Å². The van der Waals surface area contributed by atoms with Crippen LogP contribution in [0, 0.1) is 12.8 Å². The fraction of sp³-hybridized carbons (Fsp3) is 0.632. The Morgan fingerprint density at radius 3 is 2.27 bits per heavy atom. The van der Waals surface area contributed by atoms with E-state index in [2.05, 4.69) is 55.3 Å². The molecule has 0 radical (unpaired) electrons. The van der Waals surface area contributed by atoms with Crippen LogP contribution in [0.15, 0.2) is 24.3 Å². The second kappa shape index (κ2) is 8.33. The number of carbonyl (C=O) groups excluding carboxylic acids is 1. The number of likely N-dealkylation sites (tertiary alicyclic amines) is 1. The van der Waals surface area contributed by atoms with Crippen LogP contribution in [0.1, 0.15) is 56.7 Å². The first-order valence-electron chi connectivity index (χ1n) is 8.74. The second-order valence-corrected chi connectivity index (χ2v) is 6.43. The number of aryl methyl sites for hydroxylation is 1. The van der Waals surface area contributed by atoms with Crippen molar-refractivity contribution in [3.63, 3.8) is 0 Å². The molecule has 122 valence electrons. The summed E-state index contributed by atoms with van der Waals surface area (Å²) in [6.45, 7) is 9.29. The highest BCUT2D eigenvalue weighted by atomic mass is 16.1. The van der Waals surface area contributed by atoms with Crippen molar-refractivity contribution < 1.29 is 4.79 Å². The summed E-state index contributed by atoms with van der Waals surface area (Å²) in [4.78, 5) is 14.8. The Morgan fingerprint density at radius 1 is 1.14 bits per heavy atom. The van der Waals surface area contributed by atoms with Gasteiger partial charge in [0.2, 0.25) is 5.91 Å². The number of amides is 1. The molecule has 3 heteroatoms. The number of nitrogens with zero attached hydrogens (tertiary/aromatic N) is 1. The molecule has 1 heterocycles. The summed E-state index contributed by atoms with van der Waals surface area (Å²) in [5.41, 5.74) is 2.60. The Bertz CT molecular complexity index is 459. The lowest BCUT2D eigenvalue weighted by molar-refractivity contribution is -0.125. The smallest absolute Gasteiger partial charge is 0.223 e. The Labute approximate surface area is 135 Å². The zero-order valence-electron chi connectivity index (χ0n) is 14.3. The van der Waals surface area contributed by atoms with Crippen LogP contribution in [0.25, 0.3) is 0 Å². The standard InChI is InChI=1S/C19H30N2O/c1-4-16(5-2)19(22)20-14-18(21-12-6-7-13-21)17-10-8-15(3)9-11-17/h8-11,16,18H,4-7,12-14H2,1-3H3,(H,20,22). The number of hydrogen-bond acceptors (Lipinski definition) is 2. The molecular weight excluding hydrogens is 272 g/mol. The van der Waals surface area contributed by atoms with E-state index >= 15 is 0 Å². The van der Waals surface area contributed by atoms with Crippen molar-refractivity contribution in [1.29, 1.82) is 0 Å². The molecular formula is C19H30N2O. The van der Waals surface area contributed by atoms with E-state index in [-0.39, 0.29) is 11.8 Å². The van der Waals surface area contributed by atoms with E-state index in [1.54, 1.807) is 0 Å². The average Bonchev–Trinajstić information content (AvgIpc) is 3.04. The fourth-order valence-electron chi connectivity index (χ4n) is 3.30. The van der Waals surface area contributed by atoms with Crippen LogP contribution in [0.5, 0.6) is 0 Å². The van der Waals surface area contributed by atoms with Crippen molar-refractivity contribution >= 4 is 5.91 Å². The van der Waals surface area contributed by atoms with Gasteiger partial charge in [-0.05, 0) is 51.3 Å². The highest BCUT2D eigenvalue weighted by Gasteiger charge is 2.24. The highest BCUT2D eigenvalue weighted by molar-refractivity contribution is 5.78. The van der Waals surface area contributed by atoms with E-state index in [1.807, 2.05) is 0 Å². The van der Waals surface area contributed by atoms with Gasteiger partial charge in [0.1, 0.15) is 0 Å². The zero-order valence-corrected chi connectivity index (χ0v) is 14.3. The van der Waals surface area contributed by atoms with Crippen molar-refractivity contribution in [3.8, 4) is 0 Å².